The molecule has 0 aliphatic carbocycles. The molecule has 0 bridgehead atoms. The van der Waals surface area contributed by atoms with Crippen LogP contribution >= 0.6 is 0 Å². The lowest BCUT2D eigenvalue weighted by molar-refractivity contribution is -0.125. The zero-order valence-corrected chi connectivity index (χ0v) is 10.8. The zero-order chi connectivity index (χ0) is 13.8. The van der Waals surface area contributed by atoms with E-state index >= 15 is 0 Å². The Labute approximate surface area is 111 Å². The second kappa shape index (κ2) is 5.44. The first-order valence-corrected chi connectivity index (χ1v) is 5.86. The lowest BCUT2D eigenvalue weighted by atomic mass is 10.2. The Balaban J connectivity index is 2.22. The van der Waals surface area contributed by atoms with Crippen LogP contribution in [0, 0.1) is 11.8 Å². The van der Waals surface area contributed by atoms with E-state index in [-0.39, 0.29) is 12.5 Å². The SMILES string of the molecule is CC#CC(=O)N[C@@H]1COc2ccccc2N(C)C1=O. The van der Waals surface area contributed by atoms with Gasteiger partial charge in [0.05, 0.1) is 5.69 Å². The van der Waals surface area contributed by atoms with Crippen molar-refractivity contribution in [2.24, 2.45) is 0 Å². The molecule has 0 unspecified atom stereocenters. The van der Waals surface area contributed by atoms with Crippen molar-refractivity contribution in [3.05, 3.63) is 24.3 Å². The van der Waals surface area contributed by atoms with Crippen LogP contribution in [0.15, 0.2) is 24.3 Å². The molecule has 0 radical (unpaired) electrons. The minimum atomic E-state index is -0.731. The summed E-state index contributed by atoms with van der Waals surface area (Å²) in [4.78, 5) is 25.1. The summed E-state index contributed by atoms with van der Waals surface area (Å²) in [5, 5.41) is 2.55. The minimum absolute atomic E-state index is 0.0946. The second-order valence-electron chi connectivity index (χ2n) is 4.08. The van der Waals surface area contributed by atoms with Crippen molar-refractivity contribution in [1.29, 1.82) is 0 Å². The number of rotatable bonds is 1. The van der Waals surface area contributed by atoms with E-state index < -0.39 is 11.9 Å². The lowest BCUT2D eigenvalue weighted by Gasteiger charge is -2.19. The number of ether oxygens (including phenoxy) is 1. The third-order valence-electron chi connectivity index (χ3n) is 2.80. The molecule has 2 amide bonds. The van der Waals surface area contributed by atoms with E-state index in [1.165, 1.54) is 4.90 Å². The predicted molar refractivity (Wildman–Crippen MR) is 70.7 cm³/mol. The standard InChI is InChI=1S/C14H14N2O3/c1-3-6-13(17)15-10-9-19-12-8-5-4-7-11(12)16(2)14(10)18/h4-5,7-8,10H,9H2,1-2H3,(H,15,17)/t10-/m1/s1. The van der Waals surface area contributed by atoms with Crippen molar-refractivity contribution >= 4 is 17.5 Å². The van der Waals surface area contributed by atoms with Crippen molar-refractivity contribution in [2.45, 2.75) is 13.0 Å². The van der Waals surface area contributed by atoms with Crippen LogP contribution in [0.25, 0.3) is 0 Å². The van der Waals surface area contributed by atoms with Gasteiger partial charge in [-0.05, 0) is 25.0 Å². The average Bonchev–Trinajstić information content (AvgIpc) is 2.52. The van der Waals surface area contributed by atoms with Gasteiger partial charge in [-0.3, -0.25) is 9.59 Å². The van der Waals surface area contributed by atoms with Gasteiger partial charge >= 0.3 is 0 Å². The second-order valence-corrected chi connectivity index (χ2v) is 4.08. The van der Waals surface area contributed by atoms with Gasteiger partial charge in [-0.25, -0.2) is 0 Å². The maximum absolute atomic E-state index is 12.2. The van der Waals surface area contributed by atoms with Crippen LogP contribution in [0.5, 0.6) is 5.75 Å². The van der Waals surface area contributed by atoms with Crippen molar-refractivity contribution in [1.82, 2.24) is 5.32 Å². The van der Waals surface area contributed by atoms with Crippen molar-refractivity contribution < 1.29 is 14.3 Å². The highest BCUT2D eigenvalue weighted by Gasteiger charge is 2.29. The van der Waals surface area contributed by atoms with Gasteiger partial charge in [0.15, 0.2) is 0 Å². The molecule has 1 aromatic rings. The minimum Gasteiger partial charge on any atom is -0.489 e. The number of nitrogens with zero attached hydrogens (tertiary/aromatic N) is 1. The number of carbonyl (C=O) groups is 2. The summed E-state index contributed by atoms with van der Waals surface area (Å²) in [6.07, 6.45) is 0. The van der Waals surface area contributed by atoms with Gasteiger partial charge in [-0.15, -0.1) is 0 Å². The maximum atomic E-state index is 12.2. The van der Waals surface area contributed by atoms with Crippen LogP contribution in [0.2, 0.25) is 0 Å². The molecule has 0 spiro atoms. The number of anilines is 1. The Morgan fingerprint density at radius 2 is 2.21 bits per heavy atom. The van der Waals surface area contributed by atoms with E-state index in [0.717, 1.165) is 0 Å². The lowest BCUT2D eigenvalue weighted by Crippen LogP contribution is -2.49. The van der Waals surface area contributed by atoms with Gasteiger partial charge in [0.1, 0.15) is 18.4 Å². The molecule has 1 aliphatic heterocycles. The van der Waals surface area contributed by atoms with Gasteiger partial charge < -0.3 is 15.0 Å². The molecule has 0 fully saturated rings. The molecule has 2 rings (SSSR count). The molecule has 1 N–H and O–H groups in total. The Morgan fingerprint density at radius 1 is 1.47 bits per heavy atom. The highest BCUT2D eigenvalue weighted by molar-refractivity contribution is 6.03. The van der Waals surface area contributed by atoms with Crippen LogP contribution in [0.1, 0.15) is 6.92 Å². The fourth-order valence-corrected chi connectivity index (χ4v) is 1.86. The van der Waals surface area contributed by atoms with E-state index in [2.05, 4.69) is 17.2 Å². The van der Waals surface area contributed by atoms with Crippen LogP contribution in [-0.4, -0.2) is 31.5 Å². The Bertz CT molecular complexity index is 572. The van der Waals surface area contributed by atoms with E-state index in [0.29, 0.717) is 11.4 Å². The highest BCUT2D eigenvalue weighted by Crippen LogP contribution is 2.29. The summed E-state index contributed by atoms with van der Waals surface area (Å²) >= 11 is 0. The quantitative estimate of drug-likeness (QED) is 0.748. The van der Waals surface area contributed by atoms with E-state index in [9.17, 15) is 9.59 Å². The highest BCUT2D eigenvalue weighted by atomic mass is 16.5. The Morgan fingerprint density at radius 3 is 2.95 bits per heavy atom. The maximum Gasteiger partial charge on any atom is 0.296 e. The molecule has 1 aliphatic rings. The molecule has 5 nitrogen and oxygen atoms in total. The molecule has 0 aromatic heterocycles. The Kier molecular flexibility index (Phi) is 3.71. The molecular formula is C14H14N2O3. The number of fused-ring (bicyclic) bond motifs is 1. The summed E-state index contributed by atoms with van der Waals surface area (Å²) in [6.45, 7) is 1.66. The van der Waals surface area contributed by atoms with Crippen molar-refractivity contribution in [2.75, 3.05) is 18.6 Å². The number of likely N-dealkylation sites (N-methyl/N-ethyl adjacent to an activating group) is 1. The molecular weight excluding hydrogens is 244 g/mol. The van der Waals surface area contributed by atoms with Crippen molar-refractivity contribution in [3.8, 4) is 17.6 Å². The van der Waals surface area contributed by atoms with Crippen molar-refractivity contribution in [3.63, 3.8) is 0 Å². The summed E-state index contributed by atoms with van der Waals surface area (Å²) in [5.41, 5.74) is 0.686. The largest absolute Gasteiger partial charge is 0.489 e. The molecule has 0 saturated heterocycles. The monoisotopic (exact) mass is 258 g/mol. The third-order valence-corrected chi connectivity index (χ3v) is 2.80. The van der Waals surface area contributed by atoms with Crippen LogP contribution in [-0.2, 0) is 9.59 Å². The van der Waals surface area contributed by atoms with E-state index in [1.807, 2.05) is 12.1 Å². The van der Waals surface area contributed by atoms with Crippen LogP contribution in [0.4, 0.5) is 5.69 Å². The fraction of sp³-hybridized carbons (Fsp3) is 0.286. The molecule has 0 saturated carbocycles. The number of benzene rings is 1. The van der Waals surface area contributed by atoms with Gasteiger partial charge in [0, 0.05) is 7.05 Å². The smallest absolute Gasteiger partial charge is 0.296 e. The molecule has 1 atom stereocenters. The van der Waals surface area contributed by atoms with E-state index in [1.54, 1.807) is 26.1 Å². The number of para-hydroxylation sites is 2. The van der Waals surface area contributed by atoms with Gasteiger partial charge in [0.25, 0.3) is 11.8 Å². The first-order chi connectivity index (χ1) is 9.13. The molecule has 1 aromatic carbocycles. The van der Waals surface area contributed by atoms with Gasteiger partial charge in [-0.2, -0.15) is 0 Å². The summed E-state index contributed by atoms with van der Waals surface area (Å²) in [5.74, 6) is 4.75. The molecule has 5 heteroatoms. The number of nitrogens with one attached hydrogen (secondary N) is 1. The average molecular weight is 258 g/mol. The third kappa shape index (κ3) is 2.68. The summed E-state index contributed by atoms with van der Waals surface area (Å²) < 4.78 is 5.56. The fourth-order valence-electron chi connectivity index (χ4n) is 1.86. The van der Waals surface area contributed by atoms with Gasteiger partial charge in [0.2, 0.25) is 0 Å². The Hall–Kier alpha value is -2.48. The van der Waals surface area contributed by atoms with Crippen LogP contribution < -0.4 is 15.0 Å². The molecule has 98 valence electrons. The number of hydrogen-bond acceptors (Lipinski definition) is 3. The number of carbonyl (C=O) groups excluding carboxylic acids is 2. The zero-order valence-electron chi connectivity index (χ0n) is 10.8. The number of amides is 2. The predicted octanol–water partition coefficient (Wildman–Crippen LogP) is 0.550. The van der Waals surface area contributed by atoms with E-state index in [4.69, 9.17) is 4.74 Å². The first kappa shape index (κ1) is 13.0. The van der Waals surface area contributed by atoms with Gasteiger partial charge in [-0.1, -0.05) is 18.1 Å². The molecule has 1 heterocycles. The number of hydrogen-bond donors (Lipinski definition) is 1. The molecule has 19 heavy (non-hydrogen) atoms. The van der Waals surface area contributed by atoms with Crippen LogP contribution in [0.3, 0.4) is 0 Å². The summed E-state index contributed by atoms with van der Waals surface area (Å²) in [6, 6.07) is 6.51. The normalized spacial score (nSPS) is 17.5. The first-order valence-electron chi connectivity index (χ1n) is 5.86. The topological polar surface area (TPSA) is 58.6 Å². The summed E-state index contributed by atoms with van der Waals surface area (Å²) in [7, 11) is 1.65.